The second-order valence-electron chi connectivity index (χ2n) is 7.57. The molecule has 0 saturated carbocycles. The zero-order chi connectivity index (χ0) is 22.3. The van der Waals surface area contributed by atoms with Gasteiger partial charge in [0.2, 0.25) is 0 Å². The number of benzene rings is 2. The number of amides is 1. The predicted octanol–water partition coefficient (Wildman–Crippen LogP) is 3.65. The van der Waals surface area contributed by atoms with Crippen LogP contribution in [0.15, 0.2) is 66.0 Å². The van der Waals surface area contributed by atoms with Crippen LogP contribution < -0.4 is 10.2 Å². The van der Waals surface area contributed by atoms with E-state index < -0.39 is 12.1 Å². The molecular weight excluding hydrogens is 424 g/mol. The molecule has 1 aromatic heterocycles. The Kier molecular flexibility index (Phi) is 7.01. The summed E-state index contributed by atoms with van der Waals surface area (Å²) in [7, 11) is 0. The number of para-hydroxylation sites is 1. The molecule has 1 amide bonds. The maximum absolute atomic E-state index is 12.8. The van der Waals surface area contributed by atoms with E-state index in [0.29, 0.717) is 24.8 Å². The van der Waals surface area contributed by atoms with Crippen LogP contribution in [0.5, 0.6) is 0 Å². The van der Waals surface area contributed by atoms with Gasteiger partial charge in [0.1, 0.15) is 0 Å². The number of hydrogen-bond donors (Lipinski definition) is 1. The largest absolute Gasteiger partial charge is 0.448 e. The summed E-state index contributed by atoms with van der Waals surface area (Å²) >= 11 is 1.33. The lowest BCUT2D eigenvalue weighted by Gasteiger charge is -2.37. The number of nitrogens with zero attached hydrogens (tertiary/aromatic N) is 3. The Morgan fingerprint density at radius 1 is 1.03 bits per heavy atom. The number of carbonyl (C=O) groups excluding carboxylic acids is 2. The van der Waals surface area contributed by atoms with Crippen molar-refractivity contribution >= 4 is 34.0 Å². The number of carbonyl (C=O) groups is 2. The van der Waals surface area contributed by atoms with Crippen molar-refractivity contribution in [1.82, 2.24) is 9.88 Å². The lowest BCUT2D eigenvalue weighted by Crippen LogP contribution is -2.51. The van der Waals surface area contributed by atoms with Gasteiger partial charge >= 0.3 is 5.97 Å². The van der Waals surface area contributed by atoms with Crippen LogP contribution in [0, 0.1) is 0 Å². The molecule has 0 aliphatic carbocycles. The van der Waals surface area contributed by atoms with Crippen LogP contribution in [0.3, 0.4) is 0 Å². The molecule has 1 fully saturated rings. The van der Waals surface area contributed by atoms with Crippen LogP contribution >= 0.6 is 11.3 Å². The van der Waals surface area contributed by atoms with Gasteiger partial charge in [-0.3, -0.25) is 4.79 Å². The lowest BCUT2D eigenvalue weighted by atomic mass is 10.2. The fourth-order valence-electron chi connectivity index (χ4n) is 3.57. The molecule has 1 unspecified atom stereocenters. The van der Waals surface area contributed by atoms with Crippen molar-refractivity contribution in [3.8, 4) is 0 Å². The molecule has 3 aromatic rings. The van der Waals surface area contributed by atoms with Crippen LogP contribution in [0.25, 0.3) is 0 Å². The minimum Gasteiger partial charge on any atom is -0.448 e. The standard InChI is InChI=1S/C24H26N4O3S/c1-18(22(29)28-14-12-27(13-15-28)20-10-6-3-7-11-20)31-23(30)21-17-32-24(26-21)25-16-19-8-4-2-5-9-19/h2-11,17-18H,12-16H2,1H3,(H,25,26). The topological polar surface area (TPSA) is 74.8 Å². The van der Waals surface area contributed by atoms with E-state index in [1.54, 1.807) is 17.2 Å². The zero-order valence-electron chi connectivity index (χ0n) is 17.9. The minimum absolute atomic E-state index is 0.177. The summed E-state index contributed by atoms with van der Waals surface area (Å²) in [5.74, 6) is -0.763. The Morgan fingerprint density at radius 3 is 2.38 bits per heavy atom. The highest BCUT2D eigenvalue weighted by Crippen LogP contribution is 2.19. The maximum Gasteiger partial charge on any atom is 0.358 e. The molecule has 0 radical (unpaired) electrons. The molecule has 0 spiro atoms. The van der Waals surface area contributed by atoms with Crippen molar-refractivity contribution in [3.63, 3.8) is 0 Å². The minimum atomic E-state index is -0.854. The molecule has 2 aromatic carbocycles. The molecule has 32 heavy (non-hydrogen) atoms. The first-order valence-corrected chi connectivity index (χ1v) is 11.5. The maximum atomic E-state index is 12.8. The Bertz CT molecular complexity index is 1030. The molecule has 1 aliphatic rings. The van der Waals surface area contributed by atoms with Crippen LogP contribution in [-0.4, -0.2) is 54.0 Å². The first-order valence-electron chi connectivity index (χ1n) is 10.6. The number of esters is 1. The van der Waals surface area contributed by atoms with Gasteiger partial charge < -0.3 is 19.9 Å². The molecule has 1 atom stereocenters. The molecule has 8 heteroatoms. The number of hydrogen-bond acceptors (Lipinski definition) is 7. The lowest BCUT2D eigenvalue weighted by molar-refractivity contribution is -0.140. The summed E-state index contributed by atoms with van der Waals surface area (Å²) in [5.41, 5.74) is 2.48. The first kappa shape index (κ1) is 21.8. The average molecular weight is 451 g/mol. The van der Waals surface area contributed by atoms with E-state index in [-0.39, 0.29) is 11.6 Å². The number of rotatable bonds is 7. The summed E-state index contributed by atoms with van der Waals surface area (Å²) in [4.78, 5) is 33.6. The monoisotopic (exact) mass is 450 g/mol. The Balaban J connectivity index is 1.25. The number of aromatic nitrogens is 1. The molecule has 1 N–H and O–H groups in total. The summed E-state index contributed by atoms with van der Waals surface area (Å²) in [6.07, 6.45) is -0.854. The Hall–Kier alpha value is -3.39. The molecule has 1 aliphatic heterocycles. The first-order chi connectivity index (χ1) is 15.6. The van der Waals surface area contributed by atoms with Crippen LogP contribution in [-0.2, 0) is 16.1 Å². The van der Waals surface area contributed by atoms with Crippen molar-refractivity contribution in [3.05, 3.63) is 77.3 Å². The molecule has 2 heterocycles. The number of anilines is 2. The molecule has 166 valence electrons. The third-order valence-corrected chi connectivity index (χ3v) is 6.14. The quantitative estimate of drug-likeness (QED) is 0.554. The van der Waals surface area contributed by atoms with Gasteiger partial charge in [-0.05, 0) is 24.6 Å². The van der Waals surface area contributed by atoms with Gasteiger partial charge in [0, 0.05) is 43.8 Å². The third-order valence-electron chi connectivity index (χ3n) is 5.34. The van der Waals surface area contributed by atoms with E-state index in [2.05, 4.69) is 27.3 Å². The van der Waals surface area contributed by atoms with E-state index in [4.69, 9.17) is 4.74 Å². The summed E-state index contributed by atoms with van der Waals surface area (Å²) in [6, 6.07) is 20.1. The van der Waals surface area contributed by atoms with Gasteiger partial charge in [0.15, 0.2) is 16.9 Å². The summed E-state index contributed by atoms with van der Waals surface area (Å²) in [5, 5.41) is 5.48. The van der Waals surface area contributed by atoms with Crippen molar-refractivity contribution in [2.75, 3.05) is 36.4 Å². The second-order valence-corrected chi connectivity index (χ2v) is 8.43. The van der Waals surface area contributed by atoms with E-state index in [9.17, 15) is 9.59 Å². The molecule has 0 bridgehead atoms. The smallest absolute Gasteiger partial charge is 0.358 e. The average Bonchev–Trinajstić information content (AvgIpc) is 3.33. The number of ether oxygens (including phenoxy) is 1. The molecule has 4 rings (SSSR count). The Labute approximate surface area is 191 Å². The van der Waals surface area contributed by atoms with Gasteiger partial charge in [0.05, 0.1) is 0 Å². The van der Waals surface area contributed by atoms with Gasteiger partial charge in [0.25, 0.3) is 5.91 Å². The van der Waals surface area contributed by atoms with Crippen LogP contribution in [0.4, 0.5) is 10.8 Å². The van der Waals surface area contributed by atoms with Crippen molar-refractivity contribution in [2.45, 2.75) is 19.6 Å². The summed E-state index contributed by atoms with van der Waals surface area (Å²) in [6.45, 7) is 4.93. The third kappa shape index (κ3) is 5.45. The Morgan fingerprint density at radius 2 is 1.69 bits per heavy atom. The highest BCUT2D eigenvalue weighted by atomic mass is 32.1. The summed E-state index contributed by atoms with van der Waals surface area (Å²) < 4.78 is 5.41. The van der Waals surface area contributed by atoms with Gasteiger partial charge in [-0.15, -0.1) is 11.3 Å². The predicted molar refractivity (Wildman–Crippen MR) is 126 cm³/mol. The van der Waals surface area contributed by atoms with E-state index in [0.717, 1.165) is 24.3 Å². The fourth-order valence-corrected chi connectivity index (χ4v) is 4.25. The molecule has 1 saturated heterocycles. The van der Waals surface area contributed by atoms with Crippen molar-refractivity contribution in [2.24, 2.45) is 0 Å². The van der Waals surface area contributed by atoms with Gasteiger partial charge in [-0.1, -0.05) is 48.5 Å². The van der Waals surface area contributed by atoms with E-state index in [1.807, 2.05) is 48.5 Å². The zero-order valence-corrected chi connectivity index (χ0v) is 18.8. The number of nitrogens with one attached hydrogen (secondary N) is 1. The SMILES string of the molecule is CC(OC(=O)c1csc(NCc2ccccc2)n1)C(=O)N1CCN(c2ccccc2)CC1. The van der Waals surface area contributed by atoms with Gasteiger partial charge in [-0.2, -0.15) is 0 Å². The fraction of sp³-hybridized carbons (Fsp3) is 0.292. The highest BCUT2D eigenvalue weighted by molar-refractivity contribution is 7.13. The van der Waals surface area contributed by atoms with E-state index >= 15 is 0 Å². The normalized spacial score (nSPS) is 14.7. The highest BCUT2D eigenvalue weighted by Gasteiger charge is 2.28. The molecular formula is C24H26N4O3S. The number of piperazine rings is 1. The van der Waals surface area contributed by atoms with E-state index in [1.165, 1.54) is 11.3 Å². The van der Waals surface area contributed by atoms with Crippen molar-refractivity contribution < 1.29 is 14.3 Å². The van der Waals surface area contributed by atoms with Gasteiger partial charge in [-0.25, -0.2) is 9.78 Å². The second kappa shape index (κ2) is 10.3. The number of thiazole rings is 1. The van der Waals surface area contributed by atoms with Crippen LogP contribution in [0.2, 0.25) is 0 Å². The van der Waals surface area contributed by atoms with Crippen LogP contribution in [0.1, 0.15) is 23.0 Å². The van der Waals surface area contributed by atoms with Crippen molar-refractivity contribution in [1.29, 1.82) is 0 Å². The molecule has 7 nitrogen and oxygen atoms in total.